The van der Waals surface area contributed by atoms with Gasteiger partial charge >= 0.3 is 0 Å². The second-order valence-corrected chi connectivity index (χ2v) is 9.69. The summed E-state index contributed by atoms with van der Waals surface area (Å²) in [5.41, 5.74) is 1.35. The molecule has 7 heteroatoms. The lowest BCUT2D eigenvalue weighted by atomic mass is 10.1. The Labute approximate surface area is 164 Å². The molecule has 2 aromatic heterocycles. The third-order valence-electron chi connectivity index (χ3n) is 5.49. The van der Waals surface area contributed by atoms with E-state index in [1.807, 2.05) is 11.3 Å². The molecule has 0 spiro atoms. The number of morpholine rings is 1. The molecule has 0 bridgehead atoms. The summed E-state index contributed by atoms with van der Waals surface area (Å²) < 4.78 is 5.48. The van der Waals surface area contributed by atoms with Crippen molar-refractivity contribution < 1.29 is 4.74 Å². The number of ether oxygens (including phenoxy) is 1. The fourth-order valence-electron chi connectivity index (χ4n) is 3.72. The summed E-state index contributed by atoms with van der Waals surface area (Å²) in [5, 5.41) is 1.27. The van der Waals surface area contributed by atoms with E-state index in [1.54, 1.807) is 0 Å². The Morgan fingerprint density at radius 2 is 1.92 bits per heavy atom. The van der Waals surface area contributed by atoms with E-state index >= 15 is 0 Å². The highest BCUT2D eigenvalue weighted by Crippen LogP contribution is 2.36. The van der Waals surface area contributed by atoms with Crippen molar-refractivity contribution in [1.82, 2.24) is 14.9 Å². The minimum absolute atomic E-state index is 0.527. The Kier molecular flexibility index (Phi) is 5.69. The summed E-state index contributed by atoms with van der Waals surface area (Å²) >= 11 is 3.87. The molecular formula is C19H28N4OS2. The molecule has 2 aromatic rings. The summed E-state index contributed by atoms with van der Waals surface area (Å²) in [6, 6.07) is 0.527. The molecule has 0 amide bonds. The fourth-order valence-corrected chi connectivity index (χ4v) is 5.80. The second kappa shape index (κ2) is 8.00. The number of aromatic nitrogens is 2. The van der Waals surface area contributed by atoms with Gasteiger partial charge in [-0.1, -0.05) is 0 Å². The number of thiophene rings is 1. The van der Waals surface area contributed by atoms with Gasteiger partial charge < -0.3 is 9.64 Å². The molecule has 1 unspecified atom stereocenters. The van der Waals surface area contributed by atoms with E-state index in [0.29, 0.717) is 6.04 Å². The van der Waals surface area contributed by atoms with Gasteiger partial charge in [0.1, 0.15) is 16.5 Å². The van der Waals surface area contributed by atoms with Crippen LogP contribution in [0.15, 0.2) is 0 Å². The molecule has 142 valence electrons. The Hall–Kier alpha value is -0.890. The topological polar surface area (TPSA) is 41.5 Å². The largest absolute Gasteiger partial charge is 0.379 e. The van der Waals surface area contributed by atoms with E-state index < -0.39 is 0 Å². The summed E-state index contributed by atoms with van der Waals surface area (Å²) in [5.74, 6) is 4.54. The predicted molar refractivity (Wildman–Crippen MR) is 112 cm³/mol. The molecule has 0 N–H and O–H groups in total. The number of nitrogens with zero attached hydrogens (tertiary/aromatic N) is 4. The maximum Gasteiger partial charge on any atom is 0.146 e. The van der Waals surface area contributed by atoms with Gasteiger partial charge in [0.05, 0.1) is 25.1 Å². The van der Waals surface area contributed by atoms with Crippen LogP contribution < -0.4 is 4.90 Å². The normalized spacial score (nSPS) is 22.7. The van der Waals surface area contributed by atoms with Gasteiger partial charge in [-0.05, 0) is 38.5 Å². The first-order valence-corrected chi connectivity index (χ1v) is 11.5. The van der Waals surface area contributed by atoms with Crippen LogP contribution in [0.3, 0.4) is 0 Å². The molecule has 26 heavy (non-hydrogen) atoms. The Morgan fingerprint density at radius 1 is 1.12 bits per heavy atom. The Bertz CT molecular complexity index is 772. The van der Waals surface area contributed by atoms with Crippen LogP contribution in [0.2, 0.25) is 0 Å². The number of aryl methyl sites for hydroxylation is 2. The summed E-state index contributed by atoms with van der Waals surface area (Å²) in [4.78, 5) is 17.5. The van der Waals surface area contributed by atoms with Crippen molar-refractivity contribution in [3.8, 4) is 0 Å². The monoisotopic (exact) mass is 392 g/mol. The van der Waals surface area contributed by atoms with Gasteiger partial charge in [0.2, 0.25) is 0 Å². The van der Waals surface area contributed by atoms with Gasteiger partial charge in [-0.3, -0.25) is 4.90 Å². The maximum atomic E-state index is 5.48. The summed E-state index contributed by atoms with van der Waals surface area (Å²) in [6.07, 6.45) is 1.22. The van der Waals surface area contributed by atoms with Crippen LogP contribution in [0.25, 0.3) is 10.2 Å². The van der Waals surface area contributed by atoms with Crippen molar-refractivity contribution in [1.29, 1.82) is 0 Å². The van der Waals surface area contributed by atoms with Crippen molar-refractivity contribution in [3.63, 3.8) is 0 Å². The van der Waals surface area contributed by atoms with Gasteiger partial charge in [0.15, 0.2) is 0 Å². The van der Waals surface area contributed by atoms with E-state index in [2.05, 4.69) is 42.3 Å². The Balaban J connectivity index is 1.75. The minimum atomic E-state index is 0.527. The van der Waals surface area contributed by atoms with Crippen molar-refractivity contribution >= 4 is 39.1 Å². The van der Waals surface area contributed by atoms with Crippen LogP contribution in [-0.4, -0.2) is 65.3 Å². The molecule has 0 aliphatic carbocycles. The number of fused-ring (bicyclic) bond motifs is 1. The van der Waals surface area contributed by atoms with Gasteiger partial charge in [0, 0.05) is 36.3 Å². The highest BCUT2D eigenvalue weighted by molar-refractivity contribution is 7.99. The molecule has 1 atom stereocenters. The smallest absolute Gasteiger partial charge is 0.146 e. The van der Waals surface area contributed by atoms with E-state index in [4.69, 9.17) is 14.7 Å². The van der Waals surface area contributed by atoms with E-state index in [0.717, 1.165) is 55.9 Å². The molecule has 4 rings (SSSR count). The van der Waals surface area contributed by atoms with E-state index in [9.17, 15) is 0 Å². The second-order valence-electron chi connectivity index (χ2n) is 7.26. The molecule has 2 aliphatic rings. The van der Waals surface area contributed by atoms with Gasteiger partial charge in [-0.25, -0.2) is 9.97 Å². The number of thioether (sulfide) groups is 1. The standard InChI is InChI=1S/C19H28N4OS2/c1-13-4-10-25-11-7-23(13)18-17-14(2)15(3)26-19(17)21-16(20-18)12-22-5-8-24-9-6-22/h13H,4-12H2,1-3H3. The predicted octanol–water partition coefficient (Wildman–Crippen LogP) is 3.47. The zero-order chi connectivity index (χ0) is 18.1. The average Bonchev–Trinajstić information content (AvgIpc) is 2.80. The number of rotatable bonds is 3. The van der Waals surface area contributed by atoms with Crippen LogP contribution in [0.5, 0.6) is 0 Å². The first kappa shape index (κ1) is 18.5. The first-order chi connectivity index (χ1) is 12.6. The Morgan fingerprint density at radius 3 is 2.73 bits per heavy atom. The molecule has 0 saturated carbocycles. The molecule has 5 nitrogen and oxygen atoms in total. The highest BCUT2D eigenvalue weighted by Gasteiger charge is 2.25. The van der Waals surface area contributed by atoms with Crippen molar-refractivity contribution in [2.75, 3.05) is 49.3 Å². The number of anilines is 1. The van der Waals surface area contributed by atoms with E-state index in [1.165, 1.54) is 33.8 Å². The molecule has 0 radical (unpaired) electrons. The molecule has 0 aromatic carbocycles. The number of hydrogen-bond donors (Lipinski definition) is 0. The van der Waals surface area contributed by atoms with Crippen molar-refractivity contribution in [2.45, 2.75) is 39.8 Å². The lowest BCUT2D eigenvalue weighted by molar-refractivity contribution is 0.0331. The molecule has 2 saturated heterocycles. The third kappa shape index (κ3) is 3.72. The van der Waals surface area contributed by atoms with Gasteiger partial charge in [0.25, 0.3) is 0 Å². The quantitative estimate of drug-likeness (QED) is 0.797. The highest BCUT2D eigenvalue weighted by atomic mass is 32.2. The summed E-state index contributed by atoms with van der Waals surface area (Å²) in [6.45, 7) is 12.2. The summed E-state index contributed by atoms with van der Waals surface area (Å²) in [7, 11) is 0. The van der Waals surface area contributed by atoms with Crippen LogP contribution in [0, 0.1) is 13.8 Å². The van der Waals surface area contributed by atoms with Crippen LogP contribution >= 0.6 is 23.1 Å². The fraction of sp³-hybridized carbons (Fsp3) is 0.684. The first-order valence-electron chi connectivity index (χ1n) is 9.54. The third-order valence-corrected chi connectivity index (χ3v) is 7.58. The minimum Gasteiger partial charge on any atom is -0.379 e. The zero-order valence-corrected chi connectivity index (χ0v) is 17.6. The molecule has 2 fully saturated rings. The van der Waals surface area contributed by atoms with Gasteiger partial charge in [-0.2, -0.15) is 11.8 Å². The van der Waals surface area contributed by atoms with Crippen LogP contribution in [0.1, 0.15) is 29.6 Å². The zero-order valence-electron chi connectivity index (χ0n) is 16.0. The van der Waals surface area contributed by atoms with Crippen molar-refractivity contribution in [2.24, 2.45) is 0 Å². The molecule has 4 heterocycles. The lowest BCUT2D eigenvalue weighted by Crippen LogP contribution is -2.37. The average molecular weight is 393 g/mol. The van der Waals surface area contributed by atoms with Crippen LogP contribution in [0.4, 0.5) is 5.82 Å². The lowest BCUT2D eigenvalue weighted by Gasteiger charge is -2.30. The number of hydrogen-bond acceptors (Lipinski definition) is 7. The maximum absolute atomic E-state index is 5.48. The molecular weight excluding hydrogens is 364 g/mol. The SMILES string of the molecule is Cc1sc2nc(CN3CCOCC3)nc(N3CCSCCC3C)c2c1C. The van der Waals surface area contributed by atoms with Crippen LogP contribution in [-0.2, 0) is 11.3 Å². The van der Waals surface area contributed by atoms with Gasteiger partial charge in [-0.15, -0.1) is 11.3 Å². The van der Waals surface area contributed by atoms with E-state index in [-0.39, 0.29) is 0 Å². The van der Waals surface area contributed by atoms with Crippen molar-refractivity contribution in [3.05, 3.63) is 16.3 Å². The molecule has 2 aliphatic heterocycles.